The molecule has 0 atom stereocenters. The number of carbonyl (C=O) groups is 2. The molecule has 2 amide bonds. The summed E-state index contributed by atoms with van der Waals surface area (Å²) in [4.78, 5) is 25.6. The summed E-state index contributed by atoms with van der Waals surface area (Å²) in [6.07, 6.45) is 0.146. The highest BCUT2D eigenvalue weighted by molar-refractivity contribution is 5.95. The average Bonchev–Trinajstić information content (AvgIpc) is 2.65. The molecule has 7 heteroatoms. The summed E-state index contributed by atoms with van der Waals surface area (Å²) in [6.45, 7) is 2.34. The minimum atomic E-state index is -0.422. The number of aryl methyl sites for hydroxylation is 1. The number of nitrogens with two attached hydrogens (primary N) is 1. The number of amides is 2. The van der Waals surface area contributed by atoms with Gasteiger partial charge in [-0.05, 0) is 48.9 Å². The Kier molecular flexibility index (Phi) is 7.05. The van der Waals surface area contributed by atoms with Crippen molar-refractivity contribution in [3.63, 3.8) is 0 Å². The van der Waals surface area contributed by atoms with Crippen LogP contribution in [0.3, 0.4) is 0 Å². The second-order valence-electron chi connectivity index (χ2n) is 6.09. The molecule has 0 bridgehead atoms. The monoisotopic (exact) mass is 371 g/mol. The first-order valence-corrected chi connectivity index (χ1v) is 8.54. The van der Waals surface area contributed by atoms with Gasteiger partial charge in [0.1, 0.15) is 11.5 Å². The van der Waals surface area contributed by atoms with Gasteiger partial charge in [-0.25, -0.2) is 0 Å². The first kappa shape index (κ1) is 20.1. The third kappa shape index (κ3) is 5.91. The maximum absolute atomic E-state index is 12.6. The summed E-state index contributed by atoms with van der Waals surface area (Å²) >= 11 is 0. The molecule has 27 heavy (non-hydrogen) atoms. The number of carbonyl (C=O) groups excluding carboxylic acids is 2. The summed E-state index contributed by atoms with van der Waals surface area (Å²) < 4.78 is 10.5. The molecule has 2 aromatic carbocycles. The van der Waals surface area contributed by atoms with Crippen molar-refractivity contribution in [2.45, 2.75) is 13.3 Å². The zero-order chi connectivity index (χ0) is 19.8. The highest BCUT2D eigenvalue weighted by Gasteiger charge is 2.15. The number of primary amides is 1. The largest absolute Gasteiger partial charge is 0.497 e. The Balaban J connectivity index is 2.14. The molecule has 2 rings (SSSR count). The zero-order valence-corrected chi connectivity index (χ0v) is 15.8. The van der Waals surface area contributed by atoms with Gasteiger partial charge < -0.3 is 25.4 Å². The van der Waals surface area contributed by atoms with Crippen LogP contribution < -0.4 is 25.4 Å². The Bertz CT molecular complexity index is 790. The number of ether oxygens (including phenoxy) is 2. The highest BCUT2D eigenvalue weighted by atomic mass is 16.5. The second kappa shape index (κ2) is 9.47. The van der Waals surface area contributed by atoms with Crippen LogP contribution in [0.1, 0.15) is 12.0 Å². The van der Waals surface area contributed by atoms with E-state index in [4.69, 9.17) is 15.2 Å². The lowest BCUT2D eigenvalue weighted by Crippen LogP contribution is -2.35. The van der Waals surface area contributed by atoms with Crippen molar-refractivity contribution in [3.05, 3.63) is 48.0 Å². The standard InChI is InChI=1S/C20H25N3O4/c1-14-4-9-18(27-3)17(12-14)22-20(25)13-23(11-10-19(21)24)15-5-7-16(26-2)8-6-15/h4-9,12H,10-11,13H2,1-3H3,(H2,21,24)(H,22,25). The van der Waals surface area contributed by atoms with Gasteiger partial charge in [0.05, 0.1) is 26.5 Å². The van der Waals surface area contributed by atoms with Gasteiger partial charge in [0.15, 0.2) is 0 Å². The van der Waals surface area contributed by atoms with E-state index in [0.29, 0.717) is 23.7 Å². The van der Waals surface area contributed by atoms with Gasteiger partial charge in [-0.15, -0.1) is 0 Å². The summed E-state index contributed by atoms with van der Waals surface area (Å²) in [5.74, 6) is 0.651. The molecule has 0 saturated carbocycles. The van der Waals surface area contributed by atoms with Crippen LogP contribution in [0.25, 0.3) is 0 Å². The molecule has 0 fully saturated rings. The van der Waals surface area contributed by atoms with Gasteiger partial charge in [-0.3, -0.25) is 9.59 Å². The number of anilines is 2. The van der Waals surface area contributed by atoms with E-state index in [1.807, 2.05) is 31.2 Å². The van der Waals surface area contributed by atoms with Gasteiger partial charge in [-0.2, -0.15) is 0 Å². The third-order valence-corrected chi connectivity index (χ3v) is 4.03. The van der Waals surface area contributed by atoms with Gasteiger partial charge >= 0.3 is 0 Å². The molecule has 0 radical (unpaired) electrons. The number of benzene rings is 2. The fourth-order valence-corrected chi connectivity index (χ4v) is 2.62. The molecule has 0 spiro atoms. The molecule has 0 saturated heterocycles. The van der Waals surface area contributed by atoms with E-state index in [9.17, 15) is 9.59 Å². The Morgan fingerprint density at radius 2 is 1.78 bits per heavy atom. The molecule has 0 aliphatic carbocycles. The predicted octanol–water partition coefficient (Wildman–Crippen LogP) is 2.33. The molecule has 0 aliphatic rings. The van der Waals surface area contributed by atoms with E-state index in [1.165, 1.54) is 0 Å². The third-order valence-electron chi connectivity index (χ3n) is 4.03. The minimum absolute atomic E-state index is 0.0662. The van der Waals surface area contributed by atoms with Gasteiger partial charge in [0.25, 0.3) is 0 Å². The molecule has 144 valence electrons. The van der Waals surface area contributed by atoms with E-state index in [-0.39, 0.29) is 18.9 Å². The Labute approximate surface area is 159 Å². The van der Waals surface area contributed by atoms with Crippen LogP contribution in [0.15, 0.2) is 42.5 Å². The van der Waals surface area contributed by atoms with Gasteiger partial charge in [-0.1, -0.05) is 6.07 Å². The lowest BCUT2D eigenvalue weighted by atomic mass is 10.2. The van der Waals surface area contributed by atoms with Crippen molar-refractivity contribution < 1.29 is 19.1 Å². The van der Waals surface area contributed by atoms with Crippen LogP contribution in [0.5, 0.6) is 11.5 Å². The van der Waals surface area contributed by atoms with Gasteiger partial charge in [0.2, 0.25) is 11.8 Å². The molecule has 2 aromatic rings. The Hall–Kier alpha value is -3.22. The van der Waals surface area contributed by atoms with Gasteiger partial charge in [0, 0.05) is 18.7 Å². The number of nitrogens with zero attached hydrogens (tertiary/aromatic N) is 1. The number of methoxy groups -OCH3 is 2. The minimum Gasteiger partial charge on any atom is -0.497 e. The van der Waals surface area contributed by atoms with E-state index < -0.39 is 5.91 Å². The van der Waals surface area contributed by atoms with Crippen molar-refractivity contribution in [2.24, 2.45) is 5.73 Å². The fourth-order valence-electron chi connectivity index (χ4n) is 2.62. The van der Waals surface area contributed by atoms with Crippen molar-refractivity contribution in [1.82, 2.24) is 0 Å². The van der Waals surface area contributed by atoms with Crippen LogP contribution in [-0.2, 0) is 9.59 Å². The molecular formula is C20H25N3O4. The van der Waals surface area contributed by atoms with Crippen molar-refractivity contribution in [2.75, 3.05) is 37.5 Å². The molecule has 7 nitrogen and oxygen atoms in total. The molecule has 0 heterocycles. The average molecular weight is 371 g/mol. The first-order valence-electron chi connectivity index (χ1n) is 8.54. The molecule has 3 N–H and O–H groups in total. The van der Waals surface area contributed by atoms with Crippen molar-refractivity contribution in [3.8, 4) is 11.5 Å². The Morgan fingerprint density at radius 3 is 2.37 bits per heavy atom. The fraction of sp³-hybridized carbons (Fsp3) is 0.300. The van der Waals surface area contributed by atoms with Crippen LogP contribution in [-0.4, -0.2) is 39.1 Å². The number of rotatable bonds is 9. The zero-order valence-electron chi connectivity index (χ0n) is 15.8. The van der Waals surface area contributed by atoms with E-state index in [0.717, 1.165) is 11.3 Å². The molecule has 0 aromatic heterocycles. The lowest BCUT2D eigenvalue weighted by molar-refractivity contribution is -0.118. The quantitative estimate of drug-likeness (QED) is 0.706. The Morgan fingerprint density at radius 1 is 1.07 bits per heavy atom. The summed E-state index contributed by atoms with van der Waals surface area (Å²) in [7, 11) is 3.14. The maximum Gasteiger partial charge on any atom is 0.243 e. The van der Waals surface area contributed by atoms with Crippen LogP contribution in [0, 0.1) is 6.92 Å². The smallest absolute Gasteiger partial charge is 0.243 e. The SMILES string of the molecule is COc1ccc(N(CCC(N)=O)CC(=O)Nc2cc(C)ccc2OC)cc1. The molecule has 0 unspecified atom stereocenters. The normalized spacial score (nSPS) is 10.2. The van der Waals surface area contributed by atoms with Crippen molar-refractivity contribution in [1.29, 1.82) is 0 Å². The summed E-state index contributed by atoms with van der Waals surface area (Å²) in [5.41, 5.74) is 7.68. The summed E-state index contributed by atoms with van der Waals surface area (Å²) in [6, 6.07) is 12.8. The van der Waals surface area contributed by atoms with Crippen LogP contribution in [0.4, 0.5) is 11.4 Å². The van der Waals surface area contributed by atoms with Crippen molar-refractivity contribution >= 4 is 23.2 Å². The van der Waals surface area contributed by atoms with E-state index >= 15 is 0 Å². The lowest BCUT2D eigenvalue weighted by Gasteiger charge is -2.24. The topological polar surface area (TPSA) is 93.9 Å². The number of hydrogen-bond acceptors (Lipinski definition) is 5. The van der Waals surface area contributed by atoms with Crippen LogP contribution >= 0.6 is 0 Å². The van der Waals surface area contributed by atoms with E-state index in [1.54, 1.807) is 37.3 Å². The second-order valence-corrected chi connectivity index (χ2v) is 6.09. The summed E-state index contributed by atoms with van der Waals surface area (Å²) in [5, 5.41) is 2.87. The number of hydrogen-bond donors (Lipinski definition) is 2. The predicted molar refractivity (Wildman–Crippen MR) is 105 cm³/mol. The highest BCUT2D eigenvalue weighted by Crippen LogP contribution is 2.25. The number of nitrogens with one attached hydrogen (secondary N) is 1. The van der Waals surface area contributed by atoms with E-state index in [2.05, 4.69) is 5.32 Å². The molecule has 0 aliphatic heterocycles. The molecular weight excluding hydrogens is 346 g/mol. The van der Waals surface area contributed by atoms with Crippen LogP contribution in [0.2, 0.25) is 0 Å². The first-order chi connectivity index (χ1) is 12.9. The maximum atomic E-state index is 12.6.